The van der Waals surface area contributed by atoms with Crippen LogP contribution in [0.4, 0.5) is 23.0 Å². The van der Waals surface area contributed by atoms with Crippen molar-refractivity contribution in [1.82, 2.24) is 19.8 Å². The highest BCUT2D eigenvalue weighted by molar-refractivity contribution is 7.59. The number of nitro groups is 1. The molecule has 2 aromatic heterocycles. The summed E-state index contributed by atoms with van der Waals surface area (Å²) in [5, 5.41) is 10.5. The first-order chi connectivity index (χ1) is 15.2. The Kier molecular flexibility index (Phi) is 11.9. The van der Waals surface area contributed by atoms with E-state index in [2.05, 4.69) is 57.8 Å². The van der Waals surface area contributed by atoms with Crippen LogP contribution in [-0.4, -0.2) is 91.1 Å². The van der Waals surface area contributed by atoms with Crippen molar-refractivity contribution >= 4 is 50.0 Å². The first-order valence-corrected chi connectivity index (χ1v) is 10.9. The molecule has 0 unspecified atom stereocenters. The van der Waals surface area contributed by atoms with Gasteiger partial charge in [-0.05, 0) is 69.1 Å². The van der Waals surface area contributed by atoms with Crippen LogP contribution in [-0.2, 0) is 0 Å². The maximum absolute atomic E-state index is 10.5. The van der Waals surface area contributed by atoms with Crippen LogP contribution in [0, 0.1) is 10.1 Å². The van der Waals surface area contributed by atoms with Gasteiger partial charge in [-0.1, -0.05) is 0 Å². The van der Waals surface area contributed by atoms with Crippen LogP contribution in [0.25, 0.3) is 0 Å². The second-order valence-electron chi connectivity index (χ2n) is 8.78. The summed E-state index contributed by atoms with van der Waals surface area (Å²) in [6.07, 6.45) is 5.77. The van der Waals surface area contributed by atoms with Crippen LogP contribution in [0.3, 0.4) is 0 Å². The number of hydrogen-bond acceptors (Lipinski definition) is 9. The summed E-state index contributed by atoms with van der Waals surface area (Å²) in [5.74, 6) is 0.485. The predicted octanol–water partition coefficient (Wildman–Crippen LogP) is 2.16. The van der Waals surface area contributed by atoms with Gasteiger partial charge in [0, 0.05) is 44.3 Å². The topological polar surface area (TPSA) is 108 Å². The minimum absolute atomic E-state index is 0. The van der Waals surface area contributed by atoms with Crippen molar-refractivity contribution in [2.24, 2.45) is 0 Å². The zero-order valence-corrected chi connectivity index (χ0v) is 22.4. The van der Waals surface area contributed by atoms with Crippen molar-refractivity contribution in [2.75, 3.05) is 69.9 Å². The molecule has 190 valence electrons. The van der Waals surface area contributed by atoms with Crippen molar-refractivity contribution in [3.05, 3.63) is 46.8 Å². The summed E-state index contributed by atoms with van der Waals surface area (Å²) < 4.78 is 0. The predicted molar refractivity (Wildman–Crippen MR) is 149 cm³/mol. The number of hydrogen-bond donors (Lipinski definition) is 1. The Morgan fingerprint density at radius 3 is 1.68 bits per heavy atom. The molecule has 2 aliphatic rings. The number of nitrogen functional groups attached to an aromatic ring is 1. The molecule has 2 saturated heterocycles. The largest absolute Gasteiger partial charge is 0.384 e. The van der Waals surface area contributed by atoms with E-state index < -0.39 is 4.92 Å². The van der Waals surface area contributed by atoms with Gasteiger partial charge in [0.15, 0.2) is 6.20 Å². The van der Waals surface area contributed by atoms with E-state index in [1.54, 1.807) is 12.3 Å². The monoisotopic (exact) mass is 510 g/mol. The normalized spacial score (nSPS) is 19.4. The molecular weight excluding hydrogens is 472 g/mol. The number of rotatable bonds is 5. The third-order valence-corrected chi connectivity index (χ3v) is 6.21. The standard InChI is InChI=1S/C11H16N4O2.C11H18N4.2H2S/c1-13(2)10-5-6-14(8-10)9-3-4-11(12-7-9)15(16)17;1-14(2)10-5-6-15(8-10)9-3-4-11(12)13-7-9;;/h3-4,7,10H,5-6,8H2,1-2H3;3-4,7,10H,5-6,8H2,1-2H3,(H2,12,13);2*1H2/t2*10-;;/m00../s1. The summed E-state index contributed by atoms with van der Waals surface area (Å²) in [6, 6.07) is 8.33. The van der Waals surface area contributed by atoms with E-state index in [-0.39, 0.29) is 32.8 Å². The Morgan fingerprint density at radius 1 is 0.882 bits per heavy atom. The molecule has 2 aliphatic heterocycles. The van der Waals surface area contributed by atoms with Gasteiger partial charge in [0.05, 0.1) is 17.6 Å². The summed E-state index contributed by atoms with van der Waals surface area (Å²) in [4.78, 5) is 27.0. The molecule has 2 N–H and O–H groups in total. The highest BCUT2D eigenvalue weighted by Gasteiger charge is 2.25. The average Bonchev–Trinajstić information content (AvgIpc) is 3.45. The van der Waals surface area contributed by atoms with E-state index >= 15 is 0 Å². The molecule has 2 atom stereocenters. The Morgan fingerprint density at radius 2 is 1.35 bits per heavy atom. The fourth-order valence-electron chi connectivity index (χ4n) is 4.05. The van der Waals surface area contributed by atoms with E-state index in [0.29, 0.717) is 17.9 Å². The maximum atomic E-state index is 10.5. The molecule has 2 fully saturated rings. The minimum Gasteiger partial charge on any atom is -0.384 e. The Bertz CT molecular complexity index is 883. The van der Waals surface area contributed by atoms with E-state index in [1.165, 1.54) is 18.2 Å². The van der Waals surface area contributed by atoms with Crippen LogP contribution in [0.1, 0.15) is 12.8 Å². The SMILES string of the molecule is CN(C)[C@H]1CCN(c2ccc(N)nc2)C1.CN(C)[C@H]1CCN(c2ccc([N+](=O)[O-])nc2)C1.S.S. The molecule has 10 nitrogen and oxygen atoms in total. The van der Waals surface area contributed by atoms with E-state index in [1.807, 2.05) is 18.3 Å². The fourth-order valence-corrected chi connectivity index (χ4v) is 4.05. The third kappa shape index (κ3) is 7.90. The van der Waals surface area contributed by atoms with Crippen molar-refractivity contribution < 1.29 is 4.92 Å². The minimum atomic E-state index is -0.476. The van der Waals surface area contributed by atoms with Gasteiger partial charge in [-0.3, -0.25) is 0 Å². The Labute approximate surface area is 216 Å². The third-order valence-electron chi connectivity index (χ3n) is 6.21. The zero-order valence-electron chi connectivity index (χ0n) is 20.4. The lowest BCUT2D eigenvalue weighted by molar-refractivity contribution is -0.389. The summed E-state index contributed by atoms with van der Waals surface area (Å²) in [7, 11) is 8.41. The van der Waals surface area contributed by atoms with Gasteiger partial charge in [-0.2, -0.15) is 27.0 Å². The van der Waals surface area contributed by atoms with Crippen molar-refractivity contribution in [3.63, 3.8) is 0 Å². The van der Waals surface area contributed by atoms with E-state index in [0.717, 1.165) is 38.3 Å². The van der Waals surface area contributed by atoms with Gasteiger partial charge in [0.25, 0.3) is 0 Å². The first kappa shape index (κ1) is 29.8. The van der Waals surface area contributed by atoms with Crippen LogP contribution in [0.5, 0.6) is 0 Å². The number of anilines is 3. The lowest BCUT2D eigenvalue weighted by Gasteiger charge is -2.21. The second-order valence-corrected chi connectivity index (χ2v) is 8.78. The molecule has 0 aromatic carbocycles. The lowest BCUT2D eigenvalue weighted by atomic mass is 10.2. The van der Waals surface area contributed by atoms with Gasteiger partial charge in [0.1, 0.15) is 5.82 Å². The van der Waals surface area contributed by atoms with Crippen LogP contribution >= 0.6 is 27.0 Å². The average molecular weight is 511 g/mol. The van der Waals surface area contributed by atoms with Gasteiger partial charge in [-0.15, -0.1) is 0 Å². The number of pyridine rings is 2. The highest BCUT2D eigenvalue weighted by atomic mass is 32.1. The van der Waals surface area contributed by atoms with Crippen molar-refractivity contribution in [2.45, 2.75) is 24.9 Å². The van der Waals surface area contributed by atoms with Crippen molar-refractivity contribution in [1.29, 1.82) is 0 Å². The zero-order chi connectivity index (χ0) is 23.3. The fraction of sp³-hybridized carbons (Fsp3) is 0.545. The maximum Gasteiger partial charge on any atom is 0.363 e. The van der Waals surface area contributed by atoms with Crippen LogP contribution < -0.4 is 15.5 Å². The summed E-state index contributed by atoms with van der Waals surface area (Å²) in [5.41, 5.74) is 7.70. The molecule has 4 heterocycles. The molecule has 0 radical (unpaired) electrons. The molecule has 0 amide bonds. The number of aromatic nitrogens is 2. The quantitative estimate of drug-likeness (QED) is 0.478. The molecule has 0 saturated carbocycles. The molecule has 0 bridgehead atoms. The molecule has 4 rings (SSSR count). The number of likely N-dealkylation sites (N-methyl/N-ethyl adjacent to an activating group) is 2. The van der Waals surface area contributed by atoms with Crippen LogP contribution in [0.15, 0.2) is 36.7 Å². The second kappa shape index (κ2) is 13.6. The highest BCUT2D eigenvalue weighted by Crippen LogP contribution is 2.23. The van der Waals surface area contributed by atoms with E-state index in [4.69, 9.17) is 5.73 Å². The number of nitrogens with two attached hydrogens (primary N) is 1. The van der Waals surface area contributed by atoms with Crippen molar-refractivity contribution in [3.8, 4) is 0 Å². The lowest BCUT2D eigenvalue weighted by Crippen LogP contribution is -2.31. The molecule has 34 heavy (non-hydrogen) atoms. The Hall–Kier alpha value is -2.28. The molecular formula is C22H38N8O2S2. The van der Waals surface area contributed by atoms with Gasteiger partial charge < -0.3 is 35.4 Å². The van der Waals surface area contributed by atoms with Gasteiger partial charge in [-0.25, -0.2) is 4.98 Å². The van der Waals surface area contributed by atoms with Crippen LogP contribution in [0.2, 0.25) is 0 Å². The molecule has 0 aliphatic carbocycles. The summed E-state index contributed by atoms with van der Waals surface area (Å²) >= 11 is 0. The first-order valence-electron chi connectivity index (χ1n) is 10.9. The summed E-state index contributed by atoms with van der Waals surface area (Å²) in [6.45, 7) is 4.11. The molecule has 2 aromatic rings. The molecule has 0 spiro atoms. The Balaban J connectivity index is 0.000000323. The van der Waals surface area contributed by atoms with Gasteiger partial charge >= 0.3 is 5.82 Å². The van der Waals surface area contributed by atoms with Gasteiger partial charge in [0.2, 0.25) is 0 Å². The number of nitrogens with zero attached hydrogens (tertiary/aromatic N) is 7. The molecule has 12 heteroatoms. The van der Waals surface area contributed by atoms with E-state index in [9.17, 15) is 10.1 Å². The smallest absolute Gasteiger partial charge is 0.363 e.